The molecule has 1 N–H and O–H groups in total. The lowest BCUT2D eigenvalue weighted by molar-refractivity contribution is 0.0984. The highest BCUT2D eigenvalue weighted by Gasteiger charge is 2.19. The Morgan fingerprint density at radius 2 is 2.27 bits per heavy atom. The summed E-state index contributed by atoms with van der Waals surface area (Å²) in [6.07, 6.45) is 1.41. The molecule has 1 aliphatic rings. The van der Waals surface area contributed by atoms with Crippen molar-refractivity contribution in [2.24, 2.45) is 0 Å². The summed E-state index contributed by atoms with van der Waals surface area (Å²) < 4.78 is 5.10. The molecule has 2 rings (SSSR count). The number of Topliss-reactive ketones (excluding diaryl/α,β-unsaturated/α-hetero) is 1. The van der Waals surface area contributed by atoms with Gasteiger partial charge in [-0.3, -0.25) is 4.79 Å². The second-order valence-corrected chi connectivity index (χ2v) is 3.84. The van der Waals surface area contributed by atoms with E-state index in [9.17, 15) is 4.79 Å². The Hall–Kier alpha value is -1.22. The first kappa shape index (κ1) is 10.3. The molecule has 0 saturated carbocycles. The van der Waals surface area contributed by atoms with Gasteiger partial charge >= 0.3 is 0 Å². The van der Waals surface area contributed by atoms with Crippen LogP contribution in [0.25, 0.3) is 0 Å². The lowest BCUT2D eigenvalue weighted by Gasteiger charge is -2.11. The van der Waals surface area contributed by atoms with Crippen molar-refractivity contribution in [1.82, 2.24) is 0 Å². The van der Waals surface area contributed by atoms with E-state index in [1.165, 1.54) is 0 Å². The van der Waals surface area contributed by atoms with Crippen LogP contribution in [0.3, 0.4) is 0 Å². The van der Waals surface area contributed by atoms with Crippen LogP contribution in [0.4, 0.5) is 5.69 Å². The number of rotatable bonds is 1. The molecule has 1 aromatic rings. The minimum atomic E-state index is 0.138. The molecule has 0 atom stereocenters. The van der Waals surface area contributed by atoms with Crippen molar-refractivity contribution < 1.29 is 9.53 Å². The maximum Gasteiger partial charge on any atom is 0.165 e. The van der Waals surface area contributed by atoms with E-state index in [1.54, 1.807) is 19.2 Å². The number of carbonyl (C=O) groups excluding carboxylic acids is 1. The van der Waals surface area contributed by atoms with Gasteiger partial charge in [0.15, 0.2) is 5.78 Å². The van der Waals surface area contributed by atoms with E-state index in [0.717, 1.165) is 13.0 Å². The minimum absolute atomic E-state index is 0.138. The fraction of sp³-hybridized carbons (Fsp3) is 0.364. The smallest absolute Gasteiger partial charge is 0.165 e. The fourth-order valence-corrected chi connectivity index (χ4v) is 2.03. The molecule has 0 spiro atoms. The third-order valence-corrected chi connectivity index (χ3v) is 2.88. The average molecular weight is 226 g/mol. The summed E-state index contributed by atoms with van der Waals surface area (Å²) in [6, 6.07) is 3.49. The highest BCUT2D eigenvalue weighted by atomic mass is 35.5. The van der Waals surface area contributed by atoms with E-state index in [4.69, 9.17) is 16.3 Å². The zero-order valence-electron chi connectivity index (χ0n) is 8.47. The maximum atomic E-state index is 11.7. The predicted octanol–water partition coefficient (Wildman–Crippen LogP) is 2.74. The van der Waals surface area contributed by atoms with Gasteiger partial charge in [-0.2, -0.15) is 0 Å². The number of hydrogen-bond acceptors (Lipinski definition) is 3. The van der Waals surface area contributed by atoms with Gasteiger partial charge in [0.2, 0.25) is 0 Å². The van der Waals surface area contributed by atoms with E-state index in [-0.39, 0.29) is 5.78 Å². The second kappa shape index (κ2) is 4.11. The van der Waals surface area contributed by atoms with Crippen LogP contribution < -0.4 is 10.1 Å². The fourth-order valence-electron chi connectivity index (χ4n) is 1.72. The number of benzene rings is 1. The molecule has 0 radical (unpaired) electrons. The second-order valence-electron chi connectivity index (χ2n) is 3.46. The van der Waals surface area contributed by atoms with Crippen LogP contribution in [0.5, 0.6) is 5.75 Å². The third-order valence-electron chi connectivity index (χ3n) is 2.51. The molecule has 0 unspecified atom stereocenters. The molecule has 0 saturated heterocycles. The monoisotopic (exact) mass is 225 g/mol. The highest BCUT2D eigenvalue weighted by molar-refractivity contribution is 6.35. The first-order chi connectivity index (χ1) is 7.24. The zero-order chi connectivity index (χ0) is 10.8. The highest BCUT2D eigenvalue weighted by Crippen LogP contribution is 2.36. The number of carbonyl (C=O) groups is 1. The van der Waals surface area contributed by atoms with Crippen molar-refractivity contribution in [3.8, 4) is 5.75 Å². The summed E-state index contributed by atoms with van der Waals surface area (Å²) >= 11 is 6.12. The predicted molar refractivity (Wildman–Crippen MR) is 60.1 cm³/mol. The number of ketones is 1. The van der Waals surface area contributed by atoms with Crippen LogP contribution >= 0.6 is 11.6 Å². The van der Waals surface area contributed by atoms with Crippen molar-refractivity contribution in [3.63, 3.8) is 0 Å². The summed E-state index contributed by atoms with van der Waals surface area (Å²) in [5.74, 6) is 0.733. The van der Waals surface area contributed by atoms with Gasteiger partial charge in [-0.05, 0) is 18.6 Å². The molecule has 3 nitrogen and oxygen atoms in total. The molecule has 4 heteroatoms. The van der Waals surface area contributed by atoms with Gasteiger partial charge in [-0.25, -0.2) is 0 Å². The van der Waals surface area contributed by atoms with Crippen LogP contribution in [0, 0.1) is 0 Å². The Morgan fingerprint density at radius 1 is 1.47 bits per heavy atom. The molecule has 0 aliphatic carbocycles. The van der Waals surface area contributed by atoms with Crippen LogP contribution in [0.15, 0.2) is 12.1 Å². The molecule has 1 aromatic carbocycles. The molecule has 0 fully saturated rings. The third kappa shape index (κ3) is 1.79. The van der Waals surface area contributed by atoms with E-state index in [1.807, 2.05) is 0 Å². The zero-order valence-corrected chi connectivity index (χ0v) is 9.23. The van der Waals surface area contributed by atoms with Crippen molar-refractivity contribution in [1.29, 1.82) is 0 Å². The van der Waals surface area contributed by atoms with Crippen LogP contribution in [0.1, 0.15) is 23.2 Å². The summed E-state index contributed by atoms with van der Waals surface area (Å²) in [4.78, 5) is 11.7. The number of halogens is 1. The molecule has 0 bridgehead atoms. The Morgan fingerprint density at radius 3 is 3.00 bits per heavy atom. The number of anilines is 1. The van der Waals surface area contributed by atoms with Gasteiger partial charge in [0.1, 0.15) is 10.8 Å². The van der Waals surface area contributed by atoms with Crippen LogP contribution in [-0.2, 0) is 0 Å². The van der Waals surface area contributed by atoms with Gasteiger partial charge in [0, 0.05) is 18.5 Å². The van der Waals surface area contributed by atoms with Gasteiger partial charge in [-0.1, -0.05) is 11.6 Å². The Bertz CT molecular complexity index is 404. The van der Waals surface area contributed by atoms with Gasteiger partial charge < -0.3 is 10.1 Å². The van der Waals surface area contributed by atoms with Crippen LogP contribution in [-0.4, -0.2) is 19.4 Å². The van der Waals surface area contributed by atoms with Gasteiger partial charge in [0.25, 0.3) is 0 Å². The number of hydrogen-bond donors (Lipinski definition) is 1. The van der Waals surface area contributed by atoms with Crippen molar-refractivity contribution >= 4 is 23.1 Å². The average Bonchev–Trinajstić information content (AvgIpc) is 2.42. The maximum absolute atomic E-state index is 11.7. The summed E-state index contributed by atoms with van der Waals surface area (Å²) in [7, 11) is 1.56. The minimum Gasteiger partial charge on any atom is -0.495 e. The standard InChI is InChI=1S/C11H12ClNO2/c1-15-9-5-4-7-8(14)3-2-6-13-11(7)10(9)12/h4-5,13H,2-3,6H2,1H3. The molecule has 0 amide bonds. The molecular formula is C11H12ClNO2. The van der Waals surface area contributed by atoms with E-state index in [0.29, 0.717) is 28.4 Å². The number of fused-ring (bicyclic) bond motifs is 1. The normalized spacial score (nSPS) is 15.2. The van der Waals surface area contributed by atoms with Crippen molar-refractivity contribution in [2.45, 2.75) is 12.8 Å². The molecule has 1 aliphatic heterocycles. The Kier molecular flexibility index (Phi) is 2.82. The van der Waals surface area contributed by atoms with E-state index < -0.39 is 0 Å². The van der Waals surface area contributed by atoms with Gasteiger partial charge in [-0.15, -0.1) is 0 Å². The Labute approximate surface area is 93.4 Å². The topological polar surface area (TPSA) is 38.3 Å². The summed E-state index contributed by atoms with van der Waals surface area (Å²) in [5.41, 5.74) is 1.37. The number of ether oxygens (including phenoxy) is 1. The molecule has 1 heterocycles. The number of nitrogens with one attached hydrogen (secondary N) is 1. The van der Waals surface area contributed by atoms with E-state index >= 15 is 0 Å². The molecule has 15 heavy (non-hydrogen) atoms. The summed E-state index contributed by atoms with van der Waals surface area (Å²) in [6.45, 7) is 0.769. The lowest BCUT2D eigenvalue weighted by atomic mass is 10.1. The largest absolute Gasteiger partial charge is 0.495 e. The molecule has 80 valence electrons. The van der Waals surface area contributed by atoms with Gasteiger partial charge in [0.05, 0.1) is 12.8 Å². The lowest BCUT2D eigenvalue weighted by Crippen LogP contribution is -2.02. The quantitative estimate of drug-likeness (QED) is 0.799. The van der Waals surface area contributed by atoms with Crippen LogP contribution in [0.2, 0.25) is 5.02 Å². The SMILES string of the molecule is COc1ccc2c(c1Cl)NCCCC2=O. The number of methoxy groups -OCH3 is 1. The Balaban J connectivity index is 2.55. The molecule has 0 aromatic heterocycles. The molecular weight excluding hydrogens is 214 g/mol. The van der Waals surface area contributed by atoms with Crippen molar-refractivity contribution in [3.05, 3.63) is 22.7 Å². The first-order valence-electron chi connectivity index (χ1n) is 4.87. The van der Waals surface area contributed by atoms with Crippen molar-refractivity contribution in [2.75, 3.05) is 19.0 Å². The van der Waals surface area contributed by atoms with E-state index in [2.05, 4.69) is 5.32 Å². The first-order valence-corrected chi connectivity index (χ1v) is 5.25. The summed E-state index contributed by atoms with van der Waals surface area (Å²) in [5, 5.41) is 3.66.